The lowest BCUT2D eigenvalue weighted by Crippen LogP contribution is -2.27. The second-order valence-electron chi connectivity index (χ2n) is 4.76. The van der Waals surface area contributed by atoms with Crippen molar-refractivity contribution in [2.75, 3.05) is 5.32 Å². The lowest BCUT2D eigenvalue weighted by atomic mass is 10.2. The number of nitrogens with one attached hydrogen (secondary N) is 1. The summed E-state index contributed by atoms with van der Waals surface area (Å²) >= 11 is 3.37. The molecule has 5 heteroatoms. The summed E-state index contributed by atoms with van der Waals surface area (Å²) in [7, 11) is 0. The van der Waals surface area contributed by atoms with Crippen LogP contribution < -0.4 is 5.32 Å². The van der Waals surface area contributed by atoms with E-state index < -0.39 is 11.7 Å². The van der Waals surface area contributed by atoms with E-state index in [4.69, 9.17) is 4.74 Å². The van der Waals surface area contributed by atoms with E-state index in [1.54, 1.807) is 6.20 Å². The van der Waals surface area contributed by atoms with Crippen LogP contribution in [0.4, 0.5) is 10.6 Å². The van der Waals surface area contributed by atoms with Crippen molar-refractivity contribution in [3.05, 3.63) is 23.4 Å². The highest BCUT2D eigenvalue weighted by Crippen LogP contribution is 2.15. The Kier molecular flexibility index (Phi) is 4.51. The van der Waals surface area contributed by atoms with Crippen LogP contribution in [0.1, 0.15) is 31.9 Å². The summed E-state index contributed by atoms with van der Waals surface area (Å²) in [6.45, 7) is 7.43. The Bertz CT molecular complexity index is 413. The number of halogens is 1. The van der Waals surface area contributed by atoms with Crippen LogP contribution in [0.2, 0.25) is 0 Å². The molecule has 0 bridgehead atoms. The number of rotatable bonds is 2. The normalized spacial score (nSPS) is 11.1. The molecule has 0 atom stereocenters. The molecule has 17 heavy (non-hydrogen) atoms. The molecule has 0 aliphatic heterocycles. The van der Waals surface area contributed by atoms with Crippen LogP contribution in [-0.2, 0) is 10.1 Å². The SMILES string of the molecule is Cc1cc(NC(=O)OC(C)(C)C)ncc1CBr. The molecule has 1 N–H and O–H groups in total. The second-order valence-corrected chi connectivity index (χ2v) is 5.32. The number of alkyl halides is 1. The van der Waals surface area contributed by atoms with Crippen molar-refractivity contribution in [1.29, 1.82) is 0 Å². The molecule has 0 saturated carbocycles. The van der Waals surface area contributed by atoms with Crippen molar-refractivity contribution in [2.45, 2.75) is 38.6 Å². The fourth-order valence-electron chi connectivity index (χ4n) is 1.20. The van der Waals surface area contributed by atoms with E-state index in [0.29, 0.717) is 5.82 Å². The number of carbonyl (C=O) groups is 1. The van der Waals surface area contributed by atoms with E-state index in [0.717, 1.165) is 16.5 Å². The zero-order chi connectivity index (χ0) is 13.1. The molecular weight excluding hydrogens is 284 g/mol. The molecule has 0 spiro atoms. The molecule has 0 aliphatic rings. The van der Waals surface area contributed by atoms with Crippen LogP contribution in [0, 0.1) is 6.92 Å². The van der Waals surface area contributed by atoms with Crippen molar-refractivity contribution >= 4 is 27.8 Å². The van der Waals surface area contributed by atoms with Gasteiger partial charge in [-0.15, -0.1) is 0 Å². The number of pyridine rings is 1. The number of carbonyl (C=O) groups excluding carboxylic acids is 1. The van der Waals surface area contributed by atoms with Crippen LogP contribution in [0.25, 0.3) is 0 Å². The topological polar surface area (TPSA) is 51.2 Å². The third-order valence-corrected chi connectivity index (χ3v) is 2.60. The molecule has 0 radical (unpaired) electrons. The molecule has 0 unspecified atom stereocenters. The Balaban J connectivity index is 2.69. The number of nitrogens with zero attached hydrogens (tertiary/aromatic N) is 1. The largest absolute Gasteiger partial charge is 0.444 e. The first-order chi connectivity index (χ1) is 7.81. The standard InChI is InChI=1S/C12H17BrN2O2/c1-8-5-10(14-7-9(8)6-13)15-11(16)17-12(2,3)4/h5,7H,6H2,1-4H3,(H,14,15,16). The highest BCUT2D eigenvalue weighted by molar-refractivity contribution is 9.08. The van der Waals surface area contributed by atoms with Gasteiger partial charge < -0.3 is 4.74 Å². The van der Waals surface area contributed by atoms with Gasteiger partial charge in [-0.3, -0.25) is 5.32 Å². The fraction of sp³-hybridized carbons (Fsp3) is 0.500. The Morgan fingerprint density at radius 1 is 1.53 bits per heavy atom. The summed E-state index contributed by atoms with van der Waals surface area (Å²) in [5.41, 5.74) is 1.66. The van der Waals surface area contributed by atoms with E-state index in [1.807, 2.05) is 33.8 Å². The maximum Gasteiger partial charge on any atom is 0.413 e. The van der Waals surface area contributed by atoms with E-state index in [-0.39, 0.29) is 0 Å². The van der Waals surface area contributed by atoms with Gasteiger partial charge in [0.2, 0.25) is 0 Å². The van der Waals surface area contributed by atoms with Gasteiger partial charge in [0.15, 0.2) is 0 Å². The minimum atomic E-state index is -0.505. The molecule has 94 valence electrons. The Morgan fingerprint density at radius 3 is 2.65 bits per heavy atom. The monoisotopic (exact) mass is 300 g/mol. The first kappa shape index (κ1) is 14.0. The van der Waals surface area contributed by atoms with Crippen molar-refractivity contribution in [3.8, 4) is 0 Å². The van der Waals surface area contributed by atoms with Crippen LogP contribution in [0.3, 0.4) is 0 Å². The highest BCUT2D eigenvalue weighted by Gasteiger charge is 2.16. The Morgan fingerprint density at radius 2 is 2.18 bits per heavy atom. The molecule has 1 aromatic rings. The zero-order valence-electron chi connectivity index (χ0n) is 10.5. The predicted octanol–water partition coefficient (Wildman–Crippen LogP) is 3.63. The second kappa shape index (κ2) is 5.49. The number of ether oxygens (including phenoxy) is 1. The highest BCUT2D eigenvalue weighted by atomic mass is 79.9. The summed E-state index contributed by atoms with van der Waals surface area (Å²) in [5, 5.41) is 3.35. The number of anilines is 1. The van der Waals surface area contributed by atoms with Crippen LogP contribution in [0.5, 0.6) is 0 Å². The van der Waals surface area contributed by atoms with Gasteiger partial charge in [0, 0.05) is 11.5 Å². The zero-order valence-corrected chi connectivity index (χ0v) is 12.1. The summed E-state index contributed by atoms with van der Waals surface area (Å²) < 4.78 is 5.14. The minimum Gasteiger partial charge on any atom is -0.444 e. The molecule has 4 nitrogen and oxygen atoms in total. The summed E-state index contributed by atoms with van der Waals surface area (Å²) in [6.07, 6.45) is 1.24. The number of hydrogen-bond donors (Lipinski definition) is 1. The Labute approximate surface area is 110 Å². The average Bonchev–Trinajstić information content (AvgIpc) is 2.14. The molecule has 1 rings (SSSR count). The predicted molar refractivity (Wildman–Crippen MR) is 71.5 cm³/mol. The van der Waals surface area contributed by atoms with Gasteiger partial charge in [-0.1, -0.05) is 15.9 Å². The first-order valence-electron chi connectivity index (χ1n) is 5.33. The van der Waals surface area contributed by atoms with E-state index in [9.17, 15) is 4.79 Å². The molecule has 0 aliphatic carbocycles. The van der Waals surface area contributed by atoms with Gasteiger partial charge in [-0.05, 0) is 44.9 Å². The van der Waals surface area contributed by atoms with Gasteiger partial charge in [0.05, 0.1) is 0 Å². The molecule has 1 amide bonds. The van der Waals surface area contributed by atoms with Gasteiger partial charge in [0.1, 0.15) is 11.4 Å². The maximum atomic E-state index is 11.5. The average molecular weight is 301 g/mol. The van der Waals surface area contributed by atoms with Crippen LogP contribution in [-0.4, -0.2) is 16.7 Å². The van der Waals surface area contributed by atoms with Gasteiger partial charge in [-0.2, -0.15) is 0 Å². The number of aromatic nitrogens is 1. The molecule has 0 saturated heterocycles. The lowest BCUT2D eigenvalue weighted by Gasteiger charge is -2.19. The fourth-order valence-corrected chi connectivity index (χ4v) is 1.79. The van der Waals surface area contributed by atoms with E-state index in [1.165, 1.54) is 0 Å². The summed E-state index contributed by atoms with van der Waals surface area (Å²) in [4.78, 5) is 15.6. The third kappa shape index (κ3) is 4.73. The first-order valence-corrected chi connectivity index (χ1v) is 6.45. The van der Waals surface area contributed by atoms with E-state index >= 15 is 0 Å². The quantitative estimate of drug-likeness (QED) is 0.849. The van der Waals surface area contributed by atoms with E-state index in [2.05, 4.69) is 26.2 Å². The molecule has 0 fully saturated rings. The number of amides is 1. The van der Waals surface area contributed by atoms with Gasteiger partial charge in [0.25, 0.3) is 0 Å². The molecule has 1 heterocycles. The molecule has 0 aromatic carbocycles. The van der Waals surface area contributed by atoms with Crippen molar-refractivity contribution in [3.63, 3.8) is 0 Å². The van der Waals surface area contributed by atoms with Gasteiger partial charge in [-0.25, -0.2) is 9.78 Å². The van der Waals surface area contributed by atoms with Crippen LogP contribution in [0.15, 0.2) is 12.3 Å². The summed E-state index contributed by atoms with van der Waals surface area (Å²) in [5.74, 6) is 0.501. The van der Waals surface area contributed by atoms with Crippen molar-refractivity contribution in [1.82, 2.24) is 4.98 Å². The van der Waals surface area contributed by atoms with Crippen molar-refractivity contribution < 1.29 is 9.53 Å². The molecule has 1 aromatic heterocycles. The van der Waals surface area contributed by atoms with Crippen LogP contribution >= 0.6 is 15.9 Å². The molecular formula is C12H17BrN2O2. The number of hydrogen-bond acceptors (Lipinski definition) is 3. The number of aryl methyl sites for hydroxylation is 1. The third-order valence-electron chi connectivity index (χ3n) is 1.99. The Hall–Kier alpha value is -1.10. The van der Waals surface area contributed by atoms with Crippen molar-refractivity contribution in [2.24, 2.45) is 0 Å². The van der Waals surface area contributed by atoms with Gasteiger partial charge >= 0.3 is 6.09 Å². The summed E-state index contributed by atoms with van der Waals surface area (Å²) in [6, 6.07) is 1.82. The lowest BCUT2D eigenvalue weighted by molar-refractivity contribution is 0.0635. The minimum absolute atomic E-state index is 0.490. The maximum absolute atomic E-state index is 11.5. The smallest absolute Gasteiger partial charge is 0.413 e.